The van der Waals surface area contributed by atoms with Gasteiger partial charge in [0.2, 0.25) is 21.1 Å². The molecule has 1 N–H and O–H groups in total. The van der Waals surface area contributed by atoms with Crippen molar-refractivity contribution >= 4 is 43.3 Å². The van der Waals surface area contributed by atoms with Gasteiger partial charge in [0.1, 0.15) is 17.7 Å². The molecule has 1 unspecified atom stereocenters. The van der Waals surface area contributed by atoms with E-state index in [1.54, 1.807) is 4.68 Å². The number of rotatable bonds is 5. The first kappa shape index (κ1) is 22.3. The second-order valence-electron chi connectivity index (χ2n) is 8.72. The highest BCUT2D eigenvalue weighted by Gasteiger charge is 2.40. The molecule has 0 bridgehead atoms. The van der Waals surface area contributed by atoms with E-state index in [1.165, 1.54) is 27.8 Å². The van der Waals surface area contributed by atoms with Crippen LogP contribution in [0.15, 0.2) is 53.4 Å². The summed E-state index contributed by atoms with van der Waals surface area (Å²) in [5.41, 5.74) is 2.76. The topological polar surface area (TPSA) is 97.2 Å². The molecule has 6 rings (SSSR count). The normalized spacial score (nSPS) is 18.3. The van der Waals surface area contributed by atoms with Gasteiger partial charge in [-0.25, -0.2) is 17.8 Å². The van der Waals surface area contributed by atoms with Crippen LogP contribution in [0, 0.1) is 5.82 Å². The fourth-order valence-corrected chi connectivity index (χ4v) is 7.42. The number of halogens is 1. The number of aryl methyl sites for hydroxylation is 1. The predicted octanol–water partition coefficient (Wildman–Crippen LogP) is 3.90. The molecule has 1 saturated heterocycles. The van der Waals surface area contributed by atoms with Crippen LogP contribution in [0.4, 0.5) is 10.2 Å². The Kier molecular flexibility index (Phi) is 5.42. The van der Waals surface area contributed by atoms with Crippen molar-refractivity contribution in [1.29, 1.82) is 0 Å². The Morgan fingerprint density at radius 1 is 1.09 bits per heavy atom. The van der Waals surface area contributed by atoms with Crippen LogP contribution in [-0.4, -0.2) is 46.0 Å². The van der Waals surface area contributed by atoms with Crippen LogP contribution in [0.5, 0.6) is 0 Å². The summed E-state index contributed by atoms with van der Waals surface area (Å²) in [7, 11) is -3.95. The highest BCUT2D eigenvalue weighted by atomic mass is 32.2. The molecule has 4 aromatic rings. The predicted molar refractivity (Wildman–Crippen MR) is 131 cm³/mol. The minimum Gasteiger partial charge on any atom is -0.309 e. The summed E-state index contributed by atoms with van der Waals surface area (Å²) in [6, 6.07) is 11.6. The van der Waals surface area contributed by atoms with E-state index >= 15 is 0 Å². The van der Waals surface area contributed by atoms with Gasteiger partial charge in [-0.3, -0.25) is 4.79 Å². The third-order valence-electron chi connectivity index (χ3n) is 6.54. The van der Waals surface area contributed by atoms with Crippen LogP contribution < -0.4 is 5.32 Å². The number of carbonyl (C=O) groups is 1. The van der Waals surface area contributed by atoms with Gasteiger partial charge in [0, 0.05) is 12.1 Å². The molecule has 8 nitrogen and oxygen atoms in total. The van der Waals surface area contributed by atoms with Crippen LogP contribution in [0.2, 0.25) is 0 Å². The molecular formula is C24H22FN5O3S2. The lowest BCUT2D eigenvalue weighted by Crippen LogP contribution is -2.43. The molecule has 1 aliphatic heterocycles. The smallest absolute Gasteiger partial charge is 0.244 e. The molecule has 3 heterocycles. The number of hydrogen-bond acceptors (Lipinski definition) is 6. The van der Waals surface area contributed by atoms with Crippen LogP contribution in [0.1, 0.15) is 30.5 Å². The number of anilines is 1. The number of benzene rings is 2. The number of amides is 1. The molecule has 1 atom stereocenters. The molecule has 35 heavy (non-hydrogen) atoms. The summed E-state index contributed by atoms with van der Waals surface area (Å²) in [5.74, 6) is -0.352. The van der Waals surface area contributed by atoms with Crippen molar-refractivity contribution in [2.24, 2.45) is 0 Å². The lowest BCUT2D eigenvalue weighted by Gasteiger charge is -2.23. The number of nitrogens with zero attached hydrogens (tertiary/aromatic N) is 4. The number of carbonyl (C=O) groups excluding carboxylic acids is 1. The number of aromatic nitrogens is 3. The molecule has 0 saturated carbocycles. The van der Waals surface area contributed by atoms with Gasteiger partial charge < -0.3 is 5.32 Å². The summed E-state index contributed by atoms with van der Waals surface area (Å²) < 4.78 is 43.7. The maximum absolute atomic E-state index is 13.5. The standard InChI is InChI=1S/C24H22FN5O3S2/c25-15-10-12-16(13-11-15)35(32,33)29-14-4-8-20(29)23(31)27-22-17-5-3-7-18(17)28-30(22)24-26-19-6-1-2-9-21(19)34-24/h1-2,6,9-13,20H,3-5,7-8,14H2,(H,27,31). The van der Waals surface area contributed by atoms with Gasteiger partial charge in [-0.2, -0.15) is 14.1 Å². The van der Waals surface area contributed by atoms with Gasteiger partial charge in [0.25, 0.3) is 0 Å². The van der Waals surface area contributed by atoms with E-state index in [9.17, 15) is 17.6 Å². The Hall–Kier alpha value is -3.15. The molecule has 1 fully saturated rings. The molecule has 1 amide bonds. The Morgan fingerprint density at radius 2 is 1.89 bits per heavy atom. The van der Waals surface area contributed by atoms with Gasteiger partial charge in [-0.05, 0) is 68.5 Å². The maximum Gasteiger partial charge on any atom is 0.244 e. The molecule has 11 heteroatoms. The number of thiazole rings is 1. The fourth-order valence-electron chi connectivity index (χ4n) is 4.84. The Balaban J connectivity index is 1.33. The first-order valence-electron chi connectivity index (χ1n) is 11.5. The quantitative estimate of drug-likeness (QED) is 0.438. The average Bonchev–Trinajstić information content (AvgIpc) is 3.62. The van der Waals surface area contributed by atoms with Crippen molar-refractivity contribution in [3.05, 3.63) is 65.6 Å². The van der Waals surface area contributed by atoms with Crippen LogP contribution in [0.3, 0.4) is 0 Å². The number of para-hydroxylation sites is 1. The van der Waals surface area contributed by atoms with Crippen molar-refractivity contribution in [3.63, 3.8) is 0 Å². The molecule has 2 aromatic heterocycles. The van der Waals surface area contributed by atoms with Gasteiger partial charge in [0.15, 0.2) is 0 Å². The van der Waals surface area contributed by atoms with Gasteiger partial charge in [-0.15, -0.1) is 0 Å². The van der Waals surface area contributed by atoms with E-state index in [0.29, 0.717) is 23.8 Å². The molecule has 0 spiro atoms. The Labute approximate surface area is 205 Å². The van der Waals surface area contributed by atoms with E-state index < -0.39 is 27.8 Å². The molecule has 2 aliphatic rings. The van der Waals surface area contributed by atoms with Crippen LogP contribution in [0.25, 0.3) is 15.3 Å². The summed E-state index contributed by atoms with van der Waals surface area (Å²) in [5, 5.41) is 8.39. The third-order valence-corrected chi connectivity index (χ3v) is 9.47. The Morgan fingerprint density at radius 3 is 2.69 bits per heavy atom. The van der Waals surface area contributed by atoms with E-state index in [2.05, 4.69) is 5.32 Å². The zero-order chi connectivity index (χ0) is 24.2. The van der Waals surface area contributed by atoms with Gasteiger partial charge in [0.05, 0.1) is 20.8 Å². The molecule has 0 radical (unpaired) electrons. The largest absolute Gasteiger partial charge is 0.309 e. The SMILES string of the molecule is O=C(Nc1c2c(nn1-c1nc3ccccc3s1)CCC2)C1CCCN1S(=O)(=O)c1ccc(F)cc1. The minimum absolute atomic E-state index is 0.0287. The summed E-state index contributed by atoms with van der Waals surface area (Å²) >= 11 is 1.48. The van der Waals surface area contributed by atoms with E-state index in [1.807, 2.05) is 24.3 Å². The Bertz CT molecular complexity index is 1510. The van der Waals surface area contributed by atoms with Crippen LogP contribution in [-0.2, 0) is 27.7 Å². The lowest BCUT2D eigenvalue weighted by molar-refractivity contribution is -0.119. The summed E-state index contributed by atoms with van der Waals surface area (Å²) in [4.78, 5) is 18.1. The monoisotopic (exact) mass is 511 g/mol. The maximum atomic E-state index is 13.5. The highest BCUT2D eigenvalue weighted by molar-refractivity contribution is 7.89. The third kappa shape index (κ3) is 3.83. The second kappa shape index (κ2) is 8.51. The first-order chi connectivity index (χ1) is 16.9. The molecule has 180 valence electrons. The summed E-state index contributed by atoms with van der Waals surface area (Å²) in [6.45, 7) is 0.229. The van der Waals surface area contributed by atoms with Gasteiger partial charge >= 0.3 is 0 Å². The van der Waals surface area contributed by atoms with Crippen LogP contribution >= 0.6 is 11.3 Å². The molecule has 1 aliphatic carbocycles. The van der Waals surface area contributed by atoms with E-state index in [-0.39, 0.29) is 11.4 Å². The number of fused-ring (bicyclic) bond motifs is 2. The van der Waals surface area contributed by atoms with Crippen molar-refractivity contribution in [2.45, 2.75) is 43.0 Å². The number of nitrogens with one attached hydrogen (secondary N) is 1. The zero-order valence-electron chi connectivity index (χ0n) is 18.6. The number of hydrogen-bond donors (Lipinski definition) is 1. The number of sulfonamides is 1. The second-order valence-corrected chi connectivity index (χ2v) is 11.6. The van der Waals surface area contributed by atoms with Crippen molar-refractivity contribution in [3.8, 4) is 5.13 Å². The van der Waals surface area contributed by atoms with Crippen molar-refractivity contribution < 1.29 is 17.6 Å². The van der Waals surface area contributed by atoms with Crippen molar-refractivity contribution in [1.82, 2.24) is 19.1 Å². The summed E-state index contributed by atoms with van der Waals surface area (Å²) in [6.07, 6.45) is 3.54. The first-order valence-corrected chi connectivity index (χ1v) is 13.7. The lowest BCUT2D eigenvalue weighted by atomic mass is 10.2. The molecular weight excluding hydrogens is 489 g/mol. The van der Waals surface area contributed by atoms with Gasteiger partial charge in [-0.1, -0.05) is 23.5 Å². The highest BCUT2D eigenvalue weighted by Crippen LogP contribution is 2.35. The molecule has 2 aromatic carbocycles. The van der Waals surface area contributed by atoms with E-state index in [4.69, 9.17) is 10.1 Å². The zero-order valence-corrected chi connectivity index (χ0v) is 20.3. The average molecular weight is 512 g/mol. The fraction of sp³-hybridized carbons (Fsp3) is 0.292. The van der Waals surface area contributed by atoms with E-state index in [0.717, 1.165) is 52.9 Å². The minimum atomic E-state index is -3.95. The van der Waals surface area contributed by atoms with Crippen molar-refractivity contribution in [2.75, 3.05) is 11.9 Å².